The zero-order valence-corrected chi connectivity index (χ0v) is 18.3. The fraction of sp³-hybridized carbons (Fsp3) is 0.0769. The van der Waals surface area contributed by atoms with Crippen LogP contribution in [0.2, 0.25) is 5.02 Å². The topological polar surface area (TPSA) is 73.7 Å². The second-order valence-corrected chi connectivity index (χ2v) is 7.87. The van der Waals surface area contributed by atoms with E-state index >= 15 is 0 Å². The van der Waals surface area contributed by atoms with Gasteiger partial charge in [-0.3, -0.25) is 4.79 Å². The second-order valence-electron chi connectivity index (χ2n) is 7.46. The Balaban J connectivity index is 1.46. The van der Waals surface area contributed by atoms with Gasteiger partial charge in [-0.1, -0.05) is 60.1 Å². The summed E-state index contributed by atoms with van der Waals surface area (Å²) in [6.45, 7) is 1.18. The van der Waals surface area contributed by atoms with Crippen molar-refractivity contribution in [1.29, 1.82) is 0 Å². The summed E-state index contributed by atoms with van der Waals surface area (Å²) in [5.74, 6) is -0.770. The molecule has 0 aliphatic rings. The molecule has 0 bridgehead atoms. The summed E-state index contributed by atoms with van der Waals surface area (Å²) >= 11 is 5.86. The molecule has 0 fully saturated rings. The summed E-state index contributed by atoms with van der Waals surface area (Å²) < 4.78 is 13.4. The molecule has 0 saturated heterocycles. The molecule has 0 spiro atoms. The molecule has 1 amide bonds. The van der Waals surface area contributed by atoms with Crippen molar-refractivity contribution in [2.75, 3.05) is 0 Å². The van der Waals surface area contributed by atoms with Gasteiger partial charge in [-0.25, -0.2) is 9.82 Å². The first-order valence-corrected chi connectivity index (χ1v) is 10.7. The normalized spacial score (nSPS) is 11.2. The van der Waals surface area contributed by atoms with Gasteiger partial charge in [0.05, 0.1) is 11.2 Å². The molecule has 0 aliphatic heterocycles. The van der Waals surface area contributed by atoms with Crippen molar-refractivity contribution in [2.24, 2.45) is 5.10 Å². The van der Waals surface area contributed by atoms with E-state index in [1.807, 2.05) is 42.5 Å². The van der Waals surface area contributed by atoms with E-state index in [4.69, 9.17) is 11.6 Å². The zero-order chi connectivity index (χ0) is 23.2. The van der Waals surface area contributed by atoms with Crippen molar-refractivity contribution in [3.63, 3.8) is 0 Å². The first-order chi connectivity index (χ1) is 16.0. The second kappa shape index (κ2) is 10.3. The average Bonchev–Trinajstić information content (AvgIpc) is 2.82. The highest BCUT2D eigenvalue weighted by Crippen LogP contribution is 2.24. The molecule has 0 aliphatic carbocycles. The number of carbonyl (C=O) groups is 1. The number of carbonyl (C=O) groups excluding carboxylic acids is 1. The first kappa shape index (κ1) is 22.5. The standard InChI is InChI=1S/C26H21ClFN3O2/c27-24-13-18(10-11-25(24)32)26(33)31-30-16-20-9-8-19(22-6-1-2-7-23(20)22)15-29-14-17-4-3-5-21(28)12-17/h1-13,16,29,32H,14-15H2,(H,31,33). The van der Waals surface area contributed by atoms with E-state index < -0.39 is 5.91 Å². The van der Waals surface area contributed by atoms with Crippen LogP contribution in [0.5, 0.6) is 5.75 Å². The van der Waals surface area contributed by atoms with Crippen LogP contribution in [0.3, 0.4) is 0 Å². The highest BCUT2D eigenvalue weighted by Gasteiger charge is 2.08. The van der Waals surface area contributed by atoms with E-state index in [-0.39, 0.29) is 16.6 Å². The number of phenols is 1. The van der Waals surface area contributed by atoms with E-state index in [0.29, 0.717) is 18.7 Å². The van der Waals surface area contributed by atoms with Crippen molar-refractivity contribution in [1.82, 2.24) is 10.7 Å². The Labute approximate surface area is 195 Å². The lowest BCUT2D eigenvalue weighted by Crippen LogP contribution is -2.17. The molecule has 0 unspecified atom stereocenters. The van der Waals surface area contributed by atoms with Crippen LogP contribution in [0.15, 0.2) is 84.0 Å². The molecule has 0 aromatic heterocycles. The number of amides is 1. The van der Waals surface area contributed by atoms with Crippen LogP contribution in [0, 0.1) is 5.82 Å². The summed E-state index contributed by atoms with van der Waals surface area (Å²) in [6.07, 6.45) is 1.59. The van der Waals surface area contributed by atoms with E-state index in [9.17, 15) is 14.3 Å². The Kier molecular flexibility index (Phi) is 6.98. The van der Waals surface area contributed by atoms with Gasteiger partial charge in [0.2, 0.25) is 0 Å². The lowest BCUT2D eigenvalue weighted by Gasteiger charge is -2.11. The molecule has 33 heavy (non-hydrogen) atoms. The molecule has 7 heteroatoms. The van der Waals surface area contributed by atoms with Crippen molar-refractivity contribution in [3.05, 3.63) is 112 Å². The van der Waals surface area contributed by atoms with Gasteiger partial charge in [0.25, 0.3) is 5.91 Å². The van der Waals surface area contributed by atoms with Crippen LogP contribution >= 0.6 is 11.6 Å². The number of halogens is 2. The van der Waals surface area contributed by atoms with Gasteiger partial charge in [-0.2, -0.15) is 5.10 Å². The molecule has 4 aromatic rings. The van der Waals surface area contributed by atoms with Crippen molar-refractivity contribution < 1.29 is 14.3 Å². The molecular weight excluding hydrogens is 441 g/mol. The van der Waals surface area contributed by atoms with Crippen LogP contribution in [0.4, 0.5) is 4.39 Å². The minimum Gasteiger partial charge on any atom is -0.506 e. The first-order valence-electron chi connectivity index (χ1n) is 10.3. The fourth-order valence-corrected chi connectivity index (χ4v) is 3.69. The number of benzene rings is 4. The van der Waals surface area contributed by atoms with E-state index in [2.05, 4.69) is 15.8 Å². The van der Waals surface area contributed by atoms with Gasteiger partial charge in [0.1, 0.15) is 11.6 Å². The predicted octanol–water partition coefficient (Wildman–Crippen LogP) is 5.39. The molecule has 4 rings (SSSR count). The Hall–Kier alpha value is -3.74. The lowest BCUT2D eigenvalue weighted by atomic mass is 10.00. The van der Waals surface area contributed by atoms with E-state index in [1.165, 1.54) is 30.3 Å². The lowest BCUT2D eigenvalue weighted by molar-refractivity contribution is 0.0955. The molecule has 4 aromatic carbocycles. The van der Waals surface area contributed by atoms with Crippen LogP contribution in [-0.2, 0) is 13.1 Å². The van der Waals surface area contributed by atoms with Crippen LogP contribution < -0.4 is 10.7 Å². The van der Waals surface area contributed by atoms with Gasteiger partial charge in [0, 0.05) is 24.2 Å². The average molecular weight is 462 g/mol. The minimum absolute atomic E-state index is 0.0892. The quantitative estimate of drug-likeness (QED) is 0.255. The number of nitrogens with one attached hydrogen (secondary N) is 2. The maximum atomic E-state index is 13.4. The van der Waals surface area contributed by atoms with Gasteiger partial charge < -0.3 is 10.4 Å². The number of aromatic hydroxyl groups is 1. The van der Waals surface area contributed by atoms with Gasteiger partial charge in [-0.05, 0) is 52.2 Å². The monoisotopic (exact) mass is 461 g/mol. The van der Waals surface area contributed by atoms with E-state index in [1.54, 1.807) is 12.3 Å². The number of phenolic OH excluding ortho intramolecular Hbond substituents is 1. The van der Waals surface area contributed by atoms with Crippen molar-refractivity contribution in [2.45, 2.75) is 13.1 Å². The SMILES string of the molecule is O=C(NN=Cc1ccc(CNCc2cccc(F)c2)c2ccccc12)c1ccc(O)c(Cl)c1. The molecule has 5 nitrogen and oxygen atoms in total. The van der Waals surface area contributed by atoms with Crippen LogP contribution in [-0.4, -0.2) is 17.2 Å². The Morgan fingerprint density at radius 3 is 2.58 bits per heavy atom. The largest absolute Gasteiger partial charge is 0.506 e. The Morgan fingerprint density at radius 1 is 0.970 bits per heavy atom. The molecule has 0 heterocycles. The van der Waals surface area contributed by atoms with Gasteiger partial charge in [-0.15, -0.1) is 0 Å². The molecule has 0 atom stereocenters. The van der Waals surface area contributed by atoms with Crippen molar-refractivity contribution in [3.8, 4) is 5.75 Å². The smallest absolute Gasteiger partial charge is 0.271 e. The predicted molar refractivity (Wildman–Crippen MR) is 129 cm³/mol. The summed E-state index contributed by atoms with van der Waals surface area (Å²) in [4.78, 5) is 12.3. The third-order valence-corrected chi connectivity index (χ3v) is 5.46. The molecule has 166 valence electrons. The van der Waals surface area contributed by atoms with Crippen LogP contribution in [0.25, 0.3) is 10.8 Å². The zero-order valence-electron chi connectivity index (χ0n) is 17.6. The summed E-state index contributed by atoms with van der Waals surface area (Å²) in [6, 6.07) is 22.6. The minimum atomic E-state index is -0.435. The maximum absolute atomic E-state index is 13.4. The van der Waals surface area contributed by atoms with Crippen molar-refractivity contribution >= 4 is 34.5 Å². The number of hydrogen-bond donors (Lipinski definition) is 3. The number of rotatable bonds is 7. The molecule has 0 saturated carbocycles. The highest BCUT2D eigenvalue weighted by molar-refractivity contribution is 6.32. The fourth-order valence-electron chi connectivity index (χ4n) is 3.51. The third-order valence-electron chi connectivity index (χ3n) is 5.16. The Bertz CT molecular complexity index is 1340. The number of hydrazone groups is 1. The molecule has 3 N–H and O–H groups in total. The van der Waals surface area contributed by atoms with Gasteiger partial charge >= 0.3 is 0 Å². The Morgan fingerprint density at radius 2 is 1.79 bits per heavy atom. The molecule has 0 radical (unpaired) electrons. The molecular formula is C26H21ClFN3O2. The summed E-state index contributed by atoms with van der Waals surface area (Å²) in [5, 5.41) is 19.1. The summed E-state index contributed by atoms with van der Waals surface area (Å²) in [7, 11) is 0. The third kappa shape index (κ3) is 5.55. The number of fused-ring (bicyclic) bond motifs is 1. The van der Waals surface area contributed by atoms with Crippen LogP contribution in [0.1, 0.15) is 27.0 Å². The summed E-state index contributed by atoms with van der Waals surface area (Å²) in [5.41, 5.74) is 5.60. The number of nitrogens with zero attached hydrogens (tertiary/aromatic N) is 1. The van der Waals surface area contributed by atoms with E-state index in [0.717, 1.165) is 27.5 Å². The number of hydrogen-bond acceptors (Lipinski definition) is 4. The highest BCUT2D eigenvalue weighted by atomic mass is 35.5. The maximum Gasteiger partial charge on any atom is 0.271 e. The van der Waals surface area contributed by atoms with Gasteiger partial charge in [0.15, 0.2) is 0 Å².